The molecule has 0 aliphatic heterocycles. The fourth-order valence-corrected chi connectivity index (χ4v) is 4.76. The molecule has 0 saturated heterocycles. The van der Waals surface area contributed by atoms with Crippen molar-refractivity contribution in [1.29, 1.82) is 0 Å². The topological polar surface area (TPSA) is 58.6 Å². The Labute approximate surface area is 167 Å². The number of aliphatic hydroxyl groups excluding tert-OH is 1. The second-order valence-corrected chi connectivity index (χ2v) is 8.16. The van der Waals surface area contributed by atoms with Crippen LogP contribution < -0.4 is 10.1 Å². The highest BCUT2D eigenvalue weighted by Gasteiger charge is 2.25. The van der Waals surface area contributed by atoms with Crippen molar-refractivity contribution in [2.75, 3.05) is 0 Å². The molecule has 0 unspecified atom stereocenters. The van der Waals surface area contributed by atoms with Gasteiger partial charge in [0.2, 0.25) is 0 Å². The van der Waals surface area contributed by atoms with Crippen molar-refractivity contribution < 1.29 is 19.0 Å². The first-order chi connectivity index (χ1) is 13.6. The molecule has 3 aromatic rings. The van der Waals surface area contributed by atoms with Gasteiger partial charge in [0.1, 0.15) is 18.2 Å². The Bertz CT molecular complexity index is 965. The molecule has 1 amide bonds. The second-order valence-electron chi connectivity index (χ2n) is 7.10. The van der Waals surface area contributed by atoms with Gasteiger partial charge in [0.15, 0.2) is 0 Å². The van der Waals surface area contributed by atoms with Gasteiger partial charge < -0.3 is 15.2 Å². The Morgan fingerprint density at radius 1 is 1.11 bits per heavy atom. The molecule has 6 heteroatoms. The highest BCUT2D eigenvalue weighted by molar-refractivity contribution is 7.21. The average molecular weight is 399 g/mol. The quantitative estimate of drug-likeness (QED) is 0.656. The maximum Gasteiger partial charge on any atom is 0.262 e. The maximum absolute atomic E-state index is 14.5. The lowest BCUT2D eigenvalue weighted by molar-refractivity contribution is 0.0869. The normalized spacial score (nSPS) is 19.5. The van der Waals surface area contributed by atoms with Gasteiger partial charge in [0.05, 0.1) is 11.0 Å². The summed E-state index contributed by atoms with van der Waals surface area (Å²) in [4.78, 5) is 13.5. The number of nitrogens with one attached hydrogen (secondary N) is 1. The number of amides is 1. The monoisotopic (exact) mass is 399 g/mol. The Kier molecular flexibility index (Phi) is 5.59. The third kappa shape index (κ3) is 4.03. The number of carbonyl (C=O) groups is 1. The number of para-hydroxylation sites is 1. The number of hydrogen-bond donors (Lipinski definition) is 2. The van der Waals surface area contributed by atoms with Crippen LogP contribution in [0.1, 0.15) is 40.9 Å². The van der Waals surface area contributed by atoms with Gasteiger partial charge in [-0.2, -0.15) is 0 Å². The molecule has 1 aliphatic carbocycles. The van der Waals surface area contributed by atoms with Crippen LogP contribution >= 0.6 is 11.3 Å². The minimum Gasteiger partial charge on any atom is -0.489 e. The van der Waals surface area contributed by atoms with Crippen LogP contribution in [-0.4, -0.2) is 23.2 Å². The molecule has 1 aliphatic rings. The first-order valence-electron chi connectivity index (χ1n) is 9.48. The molecule has 0 radical (unpaired) electrons. The van der Waals surface area contributed by atoms with Crippen LogP contribution in [0.4, 0.5) is 4.39 Å². The lowest BCUT2D eigenvalue weighted by Gasteiger charge is -2.26. The summed E-state index contributed by atoms with van der Waals surface area (Å²) in [5, 5.41) is 13.2. The van der Waals surface area contributed by atoms with E-state index in [2.05, 4.69) is 5.32 Å². The summed E-state index contributed by atoms with van der Waals surface area (Å²) in [5.41, 5.74) is 0.579. The first kappa shape index (κ1) is 18.9. The minimum absolute atomic E-state index is 0.0360. The minimum atomic E-state index is -0.347. The highest BCUT2D eigenvalue weighted by atomic mass is 32.1. The number of carbonyl (C=O) groups excluding carboxylic acids is 1. The van der Waals surface area contributed by atoms with E-state index in [1.807, 2.05) is 36.4 Å². The zero-order chi connectivity index (χ0) is 19.5. The molecule has 1 aromatic heterocycles. The lowest BCUT2D eigenvalue weighted by atomic mass is 9.93. The Morgan fingerprint density at radius 2 is 1.86 bits per heavy atom. The van der Waals surface area contributed by atoms with E-state index in [9.17, 15) is 14.3 Å². The number of aliphatic hydroxyl groups is 1. The summed E-state index contributed by atoms with van der Waals surface area (Å²) in [5.74, 6) is 0.125. The van der Waals surface area contributed by atoms with Crippen LogP contribution in [0.5, 0.6) is 5.75 Å². The van der Waals surface area contributed by atoms with Crippen molar-refractivity contribution in [2.24, 2.45) is 0 Å². The Balaban J connectivity index is 1.61. The van der Waals surface area contributed by atoms with Gasteiger partial charge >= 0.3 is 0 Å². The molecular formula is C22H22FNO3S. The number of fused-ring (bicyclic) bond motifs is 1. The molecular weight excluding hydrogens is 377 g/mol. The second kappa shape index (κ2) is 8.29. The van der Waals surface area contributed by atoms with Crippen LogP contribution in [0.25, 0.3) is 10.1 Å². The molecule has 0 spiro atoms. The lowest BCUT2D eigenvalue weighted by Crippen LogP contribution is -2.38. The van der Waals surface area contributed by atoms with Gasteiger partial charge in [-0.3, -0.25) is 4.79 Å². The van der Waals surface area contributed by atoms with Crippen LogP contribution in [0.2, 0.25) is 0 Å². The van der Waals surface area contributed by atoms with E-state index >= 15 is 0 Å². The van der Waals surface area contributed by atoms with E-state index in [4.69, 9.17) is 4.74 Å². The fourth-order valence-electron chi connectivity index (χ4n) is 3.63. The molecule has 4 rings (SSSR count). The third-order valence-corrected chi connectivity index (χ3v) is 6.32. The predicted molar refractivity (Wildman–Crippen MR) is 108 cm³/mol. The van der Waals surface area contributed by atoms with Gasteiger partial charge in [-0.15, -0.1) is 11.3 Å². The average Bonchev–Trinajstić information content (AvgIpc) is 3.09. The predicted octanol–water partition coefficient (Wildman–Crippen LogP) is 4.65. The molecule has 2 N–H and O–H groups in total. The first-order valence-corrected chi connectivity index (χ1v) is 10.3. The number of hydrogen-bond acceptors (Lipinski definition) is 4. The SMILES string of the molecule is O=C(NC1CCC(O)CC1)c1sc2cccc(F)c2c1COc1ccccc1. The molecule has 146 valence electrons. The Morgan fingerprint density at radius 3 is 2.61 bits per heavy atom. The van der Waals surface area contributed by atoms with E-state index in [0.717, 1.165) is 17.5 Å². The number of halogens is 1. The van der Waals surface area contributed by atoms with Crippen LogP contribution in [0.15, 0.2) is 48.5 Å². The summed E-state index contributed by atoms with van der Waals surface area (Å²) in [6, 6.07) is 14.2. The summed E-state index contributed by atoms with van der Waals surface area (Å²) < 4.78 is 21.1. The summed E-state index contributed by atoms with van der Waals surface area (Å²) in [7, 11) is 0. The van der Waals surface area contributed by atoms with Gasteiger partial charge in [-0.25, -0.2) is 4.39 Å². The fraction of sp³-hybridized carbons (Fsp3) is 0.318. The number of rotatable bonds is 5. The van der Waals surface area contributed by atoms with Crippen molar-refractivity contribution in [2.45, 2.75) is 44.4 Å². The van der Waals surface area contributed by atoms with Gasteiger partial charge in [-0.05, 0) is 49.9 Å². The summed E-state index contributed by atoms with van der Waals surface area (Å²) >= 11 is 1.29. The molecule has 1 heterocycles. The number of thiophene rings is 1. The summed E-state index contributed by atoms with van der Waals surface area (Å²) in [6.45, 7) is 0.122. The van der Waals surface area contributed by atoms with E-state index in [1.54, 1.807) is 6.07 Å². The maximum atomic E-state index is 14.5. The molecule has 2 aromatic carbocycles. The molecule has 4 nitrogen and oxygen atoms in total. The van der Waals surface area contributed by atoms with Crippen LogP contribution in [0.3, 0.4) is 0 Å². The summed E-state index contributed by atoms with van der Waals surface area (Å²) in [6.07, 6.45) is 2.61. The largest absolute Gasteiger partial charge is 0.489 e. The molecule has 0 bridgehead atoms. The highest BCUT2D eigenvalue weighted by Crippen LogP contribution is 2.34. The van der Waals surface area contributed by atoms with Crippen LogP contribution in [0, 0.1) is 5.82 Å². The van der Waals surface area contributed by atoms with Crippen molar-refractivity contribution in [3.63, 3.8) is 0 Å². The standard InChI is InChI=1S/C22H22FNO3S/c23-18-7-4-8-19-20(18)17(13-27-16-5-2-1-3-6-16)21(28-19)22(26)24-14-9-11-15(25)12-10-14/h1-8,14-15,25H,9-13H2,(H,24,26). The molecule has 28 heavy (non-hydrogen) atoms. The zero-order valence-corrected chi connectivity index (χ0v) is 16.2. The van der Waals surface area contributed by atoms with E-state index < -0.39 is 0 Å². The van der Waals surface area contributed by atoms with Gasteiger partial charge in [0, 0.05) is 21.7 Å². The van der Waals surface area contributed by atoms with E-state index in [1.165, 1.54) is 17.4 Å². The smallest absolute Gasteiger partial charge is 0.262 e. The number of benzene rings is 2. The van der Waals surface area contributed by atoms with Crippen molar-refractivity contribution >= 4 is 27.3 Å². The van der Waals surface area contributed by atoms with E-state index in [-0.39, 0.29) is 30.5 Å². The van der Waals surface area contributed by atoms with Crippen molar-refractivity contribution in [3.8, 4) is 5.75 Å². The molecule has 0 atom stereocenters. The number of ether oxygens (including phenoxy) is 1. The Hall–Kier alpha value is -2.44. The van der Waals surface area contributed by atoms with Crippen molar-refractivity contribution in [3.05, 3.63) is 64.8 Å². The zero-order valence-electron chi connectivity index (χ0n) is 15.4. The van der Waals surface area contributed by atoms with Crippen LogP contribution in [-0.2, 0) is 6.61 Å². The van der Waals surface area contributed by atoms with Gasteiger partial charge in [-0.1, -0.05) is 24.3 Å². The third-order valence-electron chi connectivity index (χ3n) is 5.13. The van der Waals surface area contributed by atoms with Gasteiger partial charge in [0.25, 0.3) is 5.91 Å². The van der Waals surface area contributed by atoms with E-state index in [0.29, 0.717) is 34.4 Å². The molecule has 1 fully saturated rings. The molecule has 1 saturated carbocycles. The van der Waals surface area contributed by atoms with Crippen molar-refractivity contribution in [1.82, 2.24) is 5.32 Å².